The Morgan fingerprint density at radius 1 is 0.917 bits per heavy atom. The summed E-state index contributed by atoms with van der Waals surface area (Å²) in [6.07, 6.45) is 2.22. The molecule has 0 amide bonds. The van der Waals surface area contributed by atoms with E-state index in [2.05, 4.69) is 0 Å². The Morgan fingerprint density at radius 2 is 1.25 bits per heavy atom. The van der Waals surface area contributed by atoms with Crippen molar-refractivity contribution in [2.45, 2.75) is 0 Å². The Labute approximate surface area is 69.5 Å². The molecule has 0 aromatic heterocycles. The van der Waals surface area contributed by atoms with Crippen molar-refractivity contribution in [3.63, 3.8) is 0 Å². The standard InChI is InChI=1S/C8H8O4/c1-11-7-3-5(9)6(10)4-8(7)12-2/h3-4H,1-2H3. The SMILES string of the molecule is COC1=CC(=O)C(=O)C=C1OC. The van der Waals surface area contributed by atoms with E-state index in [0.29, 0.717) is 0 Å². The number of ether oxygens (including phenoxy) is 2. The van der Waals surface area contributed by atoms with Crippen molar-refractivity contribution in [3.8, 4) is 0 Å². The number of carbonyl (C=O) groups is 2. The van der Waals surface area contributed by atoms with Crippen molar-refractivity contribution < 1.29 is 19.1 Å². The third kappa shape index (κ3) is 1.37. The van der Waals surface area contributed by atoms with Crippen molar-refractivity contribution in [2.75, 3.05) is 14.2 Å². The van der Waals surface area contributed by atoms with Crippen molar-refractivity contribution in [3.05, 3.63) is 23.7 Å². The molecule has 0 saturated heterocycles. The largest absolute Gasteiger partial charge is 0.493 e. The number of hydrogen-bond acceptors (Lipinski definition) is 4. The molecule has 0 aliphatic heterocycles. The second-order valence-electron chi connectivity index (χ2n) is 2.15. The lowest BCUT2D eigenvalue weighted by molar-refractivity contribution is -0.131. The molecule has 4 nitrogen and oxygen atoms in total. The molecule has 0 radical (unpaired) electrons. The topological polar surface area (TPSA) is 52.6 Å². The molecule has 0 bridgehead atoms. The Hall–Kier alpha value is -1.58. The van der Waals surface area contributed by atoms with Crippen LogP contribution in [-0.2, 0) is 19.1 Å². The van der Waals surface area contributed by atoms with Crippen LogP contribution in [0.2, 0.25) is 0 Å². The Balaban J connectivity index is 3.00. The molecule has 1 aliphatic carbocycles. The molecule has 64 valence electrons. The fourth-order valence-electron chi connectivity index (χ4n) is 0.842. The van der Waals surface area contributed by atoms with Crippen LogP contribution in [0.3, 0.4) is 0 Å². The van der Waals surface area contributed by atoms with Crippen LogP contribution in [0.4, 0.5) is 0 Å². The van der Waals surface area contributed by atoms with Crippen molar-refractivity contribution in [1.82, 2.24) is 0 Å². The van der Waals surface area contributed by atoms with E-state index in [-0.39, 0.29) is 11.5 Å². The zero-order chi connectivity index (χ0) is 9.14. The fourth-order valence-corrected chi connectivity index (χ4v) is 0.842. The van der Waals surface area contributed by atoms with Gasteiger partial charge < -0.3 is 9.47 Å². The van der Waals surface area contributed by atoms with Gasteiger partial charge >= 0.3 is 0 Å². The van der Waals surface area contributed by atoms with Gasteiger partial charge in [0.1, 0.15) is 0 Å². The van der Waals surface area contributed by atoms with Crippen molar-refractivity contribution in [2.24, 2.45) is 0 Å². The van der Waals surface area contributed by atoms with Crippen molar-refractivity contribution in [1.29, 1.82) is 0 Å². The minimum atomic E-state index is -0.590. The van der Waals surface area contributed by atoms with E-state index in [1.165, 1.54) is 14.2 Å². The molecule has 0 heterocycles. The Morgan fingerprint density at radius 3 is 1.50 bits per heavy atom. The molecule has 0 aromatic rings. The van der Waals surface area contributed by atoms with Gasteiger partial charge in [0.05, 0.1) is 14.2 Å². The lowest BCUT2D eigenvalue weighted by atomic mass is 10.1. The summed E-state index contributed by atoms with van der Waals surface area (Å²) in [5.74, 6) is -0.621. The van der Waals surface area contributed by atoms with E-state index >= 15 is 0 Å². The maximum atomic E-state index is 10.8. The maximum Gasteiger partial charge on any atom is 0.229 e. The highest BCUT2D eigenvalue weighted by Crippen LogP contribution is 2.15. The van der Waals surface area contributed by atoms with Crippen molar-refractivity contribution >= 4 is 11.6 Å². The highest BCUT2D eigenvalue weighted by atomic mass is 16.5. The molecule has 1 aliphatic rings. The van der Waals surface area contributed by atoms with Crippen LogP contribution in [0.5, 0.6) is 0 Å². The summed E-state index contributed by atoms with van der Waals surface area (Å²) >= 11 is 0. The average molecular weight is 168 g/mol. The van der Waals surface area contributed by atoms with E-state index in [1.807, 2.05) is 0 Å². The first-order chi connectivity index (χ1) is 5.69. The normalized spacial score (nSPS) is 16.8. The van der Waals surface area contributed by atoms with Crippen LogP contribution in [0.15, 0.2) is 23.7 Å². The number of methoxy groups -OCH3 is 2. The second kappa shape index (κ2) is 3.21. The van der Waals surface area contributed by atoms with Gasteiger partial charge in [0.2, 0.25) is 11.6 Å². The van der Waals surface area contributed by atoms with Gasteiger partial charge in [0.15, 0.2) is 11.5 Å². The molecule has 12 heavy (non-hydrogen) atoms. The molecule has 0 fully saturated rings. The van der Waals surface area contributed by atoms with Crippen LogP contribution < -0.4 is 0 Å². The second-order valence-corrected chi connectivity index (χ2v) is 2.15. The third-order valence-electron chi connectivity index (χ3n) is 1.45. The lowest BCUT2D eigenvalue weighted by Gasteiger charge is -2.11. The van der Waals surface area contributed by atoms with Gasteiger partial charge in [0, 0.05) is 12.2 Å². The van der Waals surface area contributed by atoms with E-state index in [1.54, 1.807) is 0 Å². The van der Waals surface area contributed by atoms with Crippen LogP contribution in [-0.4, -0.2) is 25.8 Å². The molecule has 0 aromatic carbocycles. The van der Waals surface area contributed by atoms with Crippen LogP contribution in [0.25, 0.3) is 0 Å². The zero-order valence-corrected chi connectivity index (χ0v) is 6.79. The Bertz CT molecular complexity index is 255. The van der Waals surface area contributed by atoms with Gasteiger partial charge in [-0.3, -0.25) is 9.59 Å². The van der Waals surface area contributed by atoms with E-state index in [0.717, 1.165) is 12.2 Å². The third-order valence-corrected chi connectivity index (χ3v) is 1.45. The lowest BCUT2D eigenvalue weighted by Crippen LogP contribution is -2.16. The van der Waals surface area contributed by atoms with Gasteiger partial charge in [-0.15, -0.1) is 0 Å². The molecular weight excluding hydrogens is 160 g/mol. The smallest absolute Gasteiger partial charge is 0.229 e. The summed E-state index contributed by atoms with van der Waals surface area (Å²) in [7, 11) is 2.81. The summed E-state index contributed by atoms with van der Waals surface area (Å²) in [4.78, 5) is 21.6. The van der Waals surface area contributed by atoms with Gasteiger partial charge in [-0.1, -0.05) is 0 Å². The Kier molecular flexibility index (Phi) is 2.28. The molecule has 0 spiro atoms. The predicted octanol–water partition coefficient (Wildman–Crippen LogP) is 0.199. The van der Waals surface area contributed by atoms with Gasteiger partial charge in [0.25, 0.3) is 0 Å². The molecule has 4 heteroatoms. The molecule has 1 rings (SSSR count). The fraction of sp³-hybridized carbons (Fsp3) is 0.250. The molecule has 0 atom stereocenters. The van der Waals surface area contributed by atoms with E-state index < -0.39 is 11.6 Å². The molecule has 0 saturated carbocycles. The number of allylic oxidation sites excluding steroid dienone is 2. The van der Waals surface area contributed by atoms with Gasteiger partial charge in [-0.05, 0) is 0 Å². The maximum absolute atomic E-state index is 10.8. The number of ketones is 2. The zero-order valence-electron chi connectivity index (χ0n) is 6.79. The van der Waals surface area contributed by atoms with E-state index in [9.17, 15) is 9.59 Å². The monoisotopic (exact) mass is 168 g/mol. The first-order valence-electron chi connectivity index (χ1n) is 3.29. The molecular formula is C8H8O4. The first-order valence-corrected chi connectivity index (χ1v) is 3.29. The summed E-state index contributed by atoms with van der Waals surface area (Å²) in [5.41, 5.74) is 0. The average Bonchev–Trinajstić information content (AvgIpc) is 2.09. The molecule has 0 unspecified atom stereocenters. The quantitative estimate of drug-likeness (QED) is 0.436. The summed E-state index contributed by atoms with van der Waals surface area (Å²) in [6, 6.07) is 0. The summed E-state index contributed by atoms with van der Waals surface area (Å²) in [5, 5.41) is 0. The van der Waals surface area contributed by atoms with Crippen LogP contribution in [0.1, 0.15) is 0 Å². The van der Waals surface area contributed by atoms with Gasteiger partial charge in [-0.25, -0.2) is 0 Å². The predicted molar refractivity (Wildman–Crippen MR) is 40.2 cm³/mol. The highest BCUT2D eigenvalue weighted by Gasteiger charge is 2.20. The number of rotatable bonds is 2. The van der Waals surface area contributed by atoms with Crippen LogP contribution >= 0.6 is 0 Å². The highest BCUT2D eigenvalue weighted by molar-refractivity contribution is 6.46. The summed E-state index contributed by atoms with van der Waals surface area (Å²) in [6.45, 7) is 0. The summed E-state index contributed by atoms with van der Waals surface area (Å²) < 4.78 is 9.62. The number of hydrogen-bond donors (Lipinski definition) is 0. The molecule has 0 N–H and O–H groups in total. The van der Waals surface area contributed by atoms with E-state index in [4.69, 9.17) is 9.47 Å². The van der Waals surface area contributed by atoms with Crippen LogP contribution in [0, 0.1) is 0 Å². The van der Waals surface area contributed by atoms with Gasteiger partial charge in [-0.2, -0.15) is 0 Å². The first kappa shape index (κ1) is 8.52. The minimum Gasteiger partial charge on any atom is -0.493 e. The minimum absolute atomic E-state index is 0.280. The number of carbonyl (C=O) groups excluding carboxylic acids is 2.